The molecule has 1 atom stereocenters. The zero-order chi connectivity index (χ0) is 32.7. The van der Waals surface area contributed by atoms with Gasteiger partial charge in [-0.1, -0.05) is 19.9 Å². The van der Waals surface area contributed by atoms with Gasteiger partial charge in [0.2, 0.25) is 0 Å². The van der Waals surface area contributed by atoms with Crippen LogP contribution in [-0.4, -0.2) is 43.8 Å². The molecule has 0 radical (unpaired) electrons. The number of hydrogen-bond acceptors (Lipinski definition) is 7. The quantitative estimate of drug-likeness (QED) is 0.196. The molecule has 5 aromatic rings. The van der Waals surface area contributed by atoms with Gasteiger partial charge in [-0.2, -0.15) is 10.2 Å². The van der Waals surface area contributed by atoms with Crippen molar-refractivity contribution in [2.75, 3.05) is 13.2 Å². The Balaban J connectivity index is 1.32. The van der Waals surface area contributed by atoms with Crippen molar-refractivity contribution < 1.29 is 36.9 Å². The van der Waals surface area contributed by atoms with Crippen molar-refractivity contribution in [3.8, 4) is 23.3 Å². The van der Waals surface area contributed by atoms with Gasteiger partial charge in [0.05, 0.1) is 47.7 Å². The Labute approximate surface area is 259 Å². The predicted octanol–water partition coefficient (Wildman–Crippen LogP) is 6.39. The SMILES string of the molecule is CC1(C)COC[C@H]1n1c(Cc2cc(F)c(-c3ccnc(OCc4ccc(C#N)cc4F)n3)cc2F)nc2c(F)cc(C(=O)O)cc21. The van der Waals surface area contributed by atoms with Crippen LogP contribution in [0.4, 0.5) is 17.6 Å². The van der Waals surface area contributed by atoms with Crippen molar-refractivity contribution in [1.82, 2.24) is 19.5 Å². The Morgan fingerprint density at radius 2 is 1.83 bits per heavy atom. The van der Waals surface area contributed by atoms with Gasteiger partial charge in [-0.05, 0) is 48.0 Å². The molecule has 1 N–H and O–H groups in total. The minimum atomic E-state index is -1.32. The van der Waals surface area contributed by atoms with Crippen LogP contribution < -0.4 is 4.74 Å². The van der Waals surface area contributed by atoms with Crippen LogP contribution in [0.2, 0.25) is 0 Å². The smallest absolute Gasteiger partial charge is 0.335 e. The summed E-state index contributed by atoms with van der Waals surface area (Å²) in [7, 11) is 0. The molecule has 1 fully saturated rings. The normalized spacial score (nSPS) is 15.6. The van der Waals surface area contributed by atoms with Crippen LogP contribution in [0.25, 0.3) is 22.3 Å². The largest absolute Gasteiger partial charge is 0.478 e. The van der Waals surface area contributed by atoms with E-state index in [1.165, 1.54) is 30.5 Å². The first kappa shape index (κ1) is 30.7. The zero-order valence-electron chi connectivity index (χ0n) is 24.5. The summed E-state index contributed by atoms with van der Waals surface area (Å²) in [5.74, 6) is -4.21. The summed E-state index contributed by atoms with van der Waals surface area (Å²) in [6, 6.07) is 10.6. The highest BCUT2D eigenvalue weighted by molar-refractivity contribution is 5.93. The fourth-order valence-electron chi connectivity index (χ4n) is 5.50. The number of rotatable bonds is 8. The summed E-state index contributed by atoms with van der Waals surface area (Å²) in [5.41, 5.74) is -0.563. The van der Waals surface area contributed by atoms with E-state index in [0.29, 0.717) is 6.61 Å². The van der Waals surface area contributed by atoms with Crippen LogP contribution in [0.5, 0.6) is 6.01 Å². The Morgan fingerprint density at radius 1 is 1.04 bits per heavy atom. The molecule has 6 rings (SSSR count). The molecule has 9 nitrogen and oxygen atoms in total. The van der Waals surface area contributed by atoms with Crippen molar-refractivity contribution in [3.63, 3.8) is 0 Å². The van der Waals surface area contributed by atoms with E-state index in [2.05, 4.69) is 15.0 Å². The topological polar surface area (TPSA) is 123 Å². The van der Waals surface area contributed by atoms with E-state index in [1.807, 2.05) is 19.9 Å². The molecule has 234 valence electrons. The van der Waals surface area contributed by atoms with Crippen LogP contribution in [0, 0.1) is 40.0 Å². The molecule has 0 spiro atoms. The Morgan fingerprint density at radius 3 is 2.52 bits per heavy atom. The molecule has 3 heterocycles. The van der Waals surface area contributed by atoms with E-state index < -0.39 is 34.7 Å². The highest BCUT2D eigenvalue weighted by Crippen LogP contribution is 2.41. The third-order valence-electron chi connectivity index (χ3n) is 7.97. The lowest BCUT2D eigenvalue weighted by Gasteiger charge is -2.28. The number of benzene rings is 3. The molecule has 3 aromatic carbocycles. The Hall–Kier alpha value is -5.35. The molecule has 0 bridgehead atoms. The molecule has 0 unspecified atom stereocenters. The van der Waals surface area contributed by atoms with Crippen LogP contribution in [-0.2, 0) is 17.8 Å². The van der Waals surface area contributed by atoms with Crippen LogP contribution >= 0.6 is 0 Å². The third kappa shape index (κ3) is 5.75. The number of hydrogen-bond donors (Lipinski definition) is 1. The summed E-state index contributed by atoms with van der Waals surface area (Å²) in [4.78, 5) is 24.2. The number of aromatic nitrogens is 4. The van der Waals surface area contributed by atoms with E-state index in [4.69, 9.17) is 14.7 Å². The van der Waals surface area contributed by atoms with E-state index in [9.17, 15) is 14.3 Å². The summed E-state index contributed by atoms with van der Waals surface area (Å²) in [6.45, 7) is 4.22. The second-order valence-corrected chi connectivity index (χ2v) is 11.6. The Bertz CT molecular complexity index is 2060. The van der Waals surface area contributed by atoms with Crippen LogP contribution in [0.3, 0.4) is 0 Å². The highest BCUT2D eigenvalue weighted by Gasteiger charge is 2.39. The summed E-state index contributed by atoms with van der Waals surface area (Å²) >= 11 is 0. The van der Waals surface area contributed by atoms with Crippen molar-refractivity contribution >= 4 is 17.0 Å². The van der Waals surface area contributed by atoms with Gasteiger partial charge < -0.3 is 19.1 Å². The van der Waals surface area contributed by atoms with Gasteiger partial charge in [-0.15, -0.1) is 0 Å². The van der Waals surface area contributed by atoms with Gasteiger partial charge in [0, 0.05) is 29.2 Å². The monoisotopic (exact) mass is 631 g/mol. The number of carboxylic acid groups (broad SMARTS) is 1. The van der Waals surface area contributed by atoms with Gasteiger partial charge >= 0.3 is 12.0 Å². The molecular weight excluding hydrogens is 606 g/mol. The average Bonchev–Trinajstić information content (AvgIpc) is 3.56. The average molecular weight is 632 g/mol. The van der Waals surface area contributed by atoms with Crippen molar-refractivity contribution in [2.45, 2.75) is 32.9 Å². The number of imidazole rings is 1. The van der Waals surface area contributed by atoms with Crippen LogP contribution in [0.15, 0.2) is 54.7 Å². The number of aromatic carboxylic acids is 1. The van der Waals surface area contributed by atoms with Crippen LogP contribution in [0.1, 0.15) is 52.8 Å². The third-order valence-corrected chi connectivity index (χ3v) is 7.97. The number of nitriles is 1. The number of ether oxygens (including phenoxy) is 2. The number of fused-ring (bicyclic) bond motifs is 1. The molecule has 0 amide bonds. The standard InChI is InChI=1S/C33H25F4N5O4/c1-33(2)16-45-15-28(33)42-27-10-20(31(43)44)9-25(37)30(27)41-29(42)11-19-8-24(36)21(12-23(19)35)26-5-6-39-32(40-26)46-14-18-4-3-17(13-38)7-22(18)34/h3-10,12,28H,11,14-16H2,1-2H3,(H,43,44)/t28-/m1/s1. The number of nitrogens with zero attached hydrogens (tertiary/aromatic N) is 5. The maximum Gasteiger partial charge on any atom is 0.335 e. The first-order valence-corrected chi connectivity index (χ1v) is 14.1. The minimum Gasteiger partial charge on any atom is -0.478 e. The van der Waals surface area contributed by atoms with Gasteiger partial charge in [-0.3, -0.25) is 0 Å². The molecule has 13 heteroatoms. The molecular formula is C33H25F4N5O4. The number of halogens is 4. The first-order chi connectivity index (χ1) is 21.9. The van der Waals surface area contributed by atoms with Gasteiger partial charge in [0.25, 0.3) is 0 Å². The van der Waals surface area contributed by atoms with E-state index in [1.54, 1.807) is 4.57 Å². The molecule has 2 aromatic heterocycles. The molecule has 1 aliphatic rings. The lowest BCUT2D eigenvalue weighted by Crippen LogP contribution is -2.27. The minimum absolute atomic E-state index is 0.00798. The van der Waals surface area contributed by atoms with E-state index in [0.717, 1.165) is 24.3 Å². The number of carboxylic acids is 1. The maximum atomic E-state index is 15.6. The van der Waals surface area contributed by atoms with Crippen molar-refractivity contribution in [1.29, 1.82) is 5.26 Å². The van der Waals surface area contributed by atoms with Crippen molar-refractivity contribution in [2.24, 2.45) is 5.41 Å². The van der Waals surface area contributed by atoms with Gasteiger partial charge in [0.15, 0.2) is 5.82 Å². The van der Waals surface area contributed by atoms with Gasteiger partial charge in [-0.25, -0.2) is 32.3 Å². The molecule has 0 aliphatic carbocycles. The fourth-order valence-corrected chi connectivity index (χ4v) is 5.50. The molecule has 46 heavy (non-hydrogen) atoms. The summed E-state index contributed by atoms with van der Waals surface area (Å²) in [6.07, 6.45) is 1.05. The maximum absolute atomic E-state index is 15.6. The molecule has 1 aliphatic heterocycles. The lowest BCUT2D eigenvalue weighted by molar-refractivity contribution is 0.0696. The zero-order valence-corrected chi connectivity index (χ0v) is 24.5. The van der Waals surface area contributed by atoms with E-state index in [-0.39, 0.29) is 82.1 Å². The molecule has 0 saturated carbocycles. The predicted molar refractivity (Wildman–Crippen MR) is 156 cm³/mol. The van der Waals surface area contributed by atoms with Crippen molar-refractivity contribution in [3.05, 3.63) is 106 Å². The second kappa shape index (κ2) is 11.9. The highest BCUT2D eigenvalue weighted by atomic mass is 19.1. The fraction of sp³-hybridized carbons (Fsp3) is 0.242. The summed E-state index contributed by atoms with van der Waals surface area (Å²) < 4.78 is 73.3. The Kier molecular flexibility index (Phi) is 7.91. The lowest BCUT2D eigenvalue weighted by atomic mass is 9.87. The van der Waals surface area contributed by atoms with Gasteiger partial charge in [0.1, 0.15) is 35.4 Å². The number of carbonyl (C=O) groups is 1. The first-order valence-electron chi connectivity index (χ1n) is 14.1. The summed E-state index contributed by atoms with van der Waals surface area (Å²) in [5, 5.41) is 18.4. The van der Waals surface area contributed by atoms with E-state index >= 15 is 13.2 Å². The molecule has 1 saturated heterocycles. The second-order valence-electron chi connectivity index (χ2n) is 11.6.